The zero-order chi connectivity index (χ0) is 16.5. The molecule has 2 aromatic heterocycles. The van der Waals surface area contributed by atoms with Gasteiger partial charge in [0.05, 0.1) is 0 Å². The highest BCUT2D eigenvalue weighted by molar-refractivity contribution is 6.36. The fourth-order valence-electron chi connectivity index (χ4n) is 3.09. The second-order valence-corrected chi connectivity index (χ2v) is 6.26. The number of hydrogen-bond acceptors (Lipinski definition) is 1. The minimum absolute atomic E-state index is 0.347. The van der Waals surface area contributed by atoms with Crippen molar-refractivity contribution >= 4 is 33.3 Å². The van der Waals surface area contributed by atoms with Crippen molar-refractivity contribution in [2.45, 2.75) is 6.54 Å². The van der Waals surface area contributed by atoms with Crippen molar-refractivity contribution in [2.24, 2.45) is 0 Å². The molecule has 4 rings (SSSR count). The van der Waals surface area contributed by atoms with Crippen LogP contribution in [0, 0.1) is 0 Å². The number of rotatable bonds is 5. The van der Waals surface area contributed by atoms with E-state index < -0.39 is 0 Å². The lowest BCUT2D eigenvalue weighted by molar-refractivity contribution is 0.467. The van der Waals surface area contributed by atoms with Crippen molar-refractivity contribution in [3.8, 4) is 11.3 Å². The quantitative estimate of drug-likeness (QED) is 0.438. The number of halogens is 2. The summed E-state index contributed by atoms with van der Waals surface area (Å²) in [5.74, 6) is 0. The van der Waals surface area contributed by atoms with Crippen LogP contribution in [0.4, 0.5) is 4.39 Å². The fourth-order valence-corrected chi connectivity index (χ4v) is 3.31. The smallest absolute Gasteiger partial charge is 0.102 e. The highest BCUT2D eigenvalue weighted by atomic mass is 35.5. The van der Waals surface area contributed by atoms with Gasteiger partial charge in [-0.15, -0.1) is 0 Å². The minimum atomic E-state index is -0.347. The van der Waals surface area contributed by atoms with Gasteiger partial charge < -0.3 is 15.3 Å². The van der Waals surface area contributed by atoms with E-state index in [0.717, 1.165) is 43.5 Å². The number of fused-ring (bicyclic) bond motifs is 2. The highest BCUT2D eigenvalue weighted by Crippen LogP contribution is 2.34. The maximum Gasteiger partial charge on any atom is 0.102 e. The van der Waals surface area contributed by atoms with Gasteiger partial charge in [0.25, 0.3) is 0 Å². The lowest BCUT2D eigenvalue weighted by Crippen LogP contribution is -2.15. The normalized spacial score (nSPS) is 11.6. The number of alkyl halides is 1. The van der Waals surface area contributed by atoms with Gasteiger partial charge in [-0.1, -0.05) is 23.7 Å². The van der Waals surface area contributed by atoms with Crippen LogP contribution in [0.15, 0.2) is 48.8 Å². The summed E-state index contributed by atoms with van der Waals surface area (Å²) in [6, 6.07) is 12.4. The van der Waals surface area contributed by atoms with Gasteiger partial charge >= 0.3 is 0 Å². The molecule has 0 saturated carbocycles. The van der Waals surface area contributed by atoms with Gasteiger partial charge in [-0.05, 0) is 29.8 Å². The Morgan fingerprint density at radius 2 is 1.92 bits per heavy atom. The van der Waals surface area contributed by atoms with E-state index in [0.29, 0.717) is 13.1 Å². The topological polar surface area (TPSA) is 43.6 Å². The van der Waals surface area contributed by atoms with Crippen LogP contribution < -0.4 is 5.32 Å². The molecule has 0 aliphatic heterocycles. The predicted octanol–water partition coefficient (Wildman–Crippen LogP) is 5.03. The molecule has 0 aliphatic carbocycles. The van der Waals surface area contributed by atoms with E-state index in [-0.39, 0.29) is 6.67 Å². The summed E-state index contributed by atoms with van der Waals surface area (Å²) >= 11 is 6.25. The summed E-state index contributed by atoms with van der Waals surface area (Å²) in [5.41, 5.74) is 4.39. The Labute approximate surface area is 143 Å². The Balaban J connectivity index is 1.74. The standard InChI is InChI=1S/C19H17ClFN3/c20-17-3-2-14(15-10-23-11-16(15)17)19-8-13-7-12(9-22-6-5-21)1-4-18(13)24-19/h1-4,7-8,10-11,22-24H,5-6,9H2. The average molecular weight is 342 g/mol. The monoisotopic (exact) mass is 341 g/mol. The van der Waals surface area contributed by atoms with Crippen molar-refractivity contribution in [3.05, 3.63) is 59.4 Å². The van der Waals surface area contributed by atoms with Gasteiger partial charge in [0.1, 0.15) is 6.67 Å². The Morgan fingerprint density at radius 1 is 1.04 bits per heavy atom. The summed E-state index contributed by atoms with van der Waals surface area (Å²) in [6.45, 7) is 0.704. The van der Waals surface area contributed by atoms with Crippen LogP contribution in [0.5, 0.6) is 0 Å². The van der Waals surface area contributed by atoms with E-state index in [9.17, 15) is 4.39 Å². The molecule has 122 valence electrons. The van der Waals surface area contributed by atoms with Gasteiger partial charge in [0.15, 0.2) is 0 Å². The van der Waals surface area contributed by atoms with Crippen LogP contribution in [0.25, 0.3) is 32.9 Å². The van der Waals surface area contributed by atoms with Crippen LogP contribution >= 0.6 is 11.6 Å². The van der Waals surface area contributed by atoms with E-state index in [1.807, 2.05) is 24.5 Å². The zero-order valence-electron chi connectivity index (χ0n) is 13.0. The first kappa shape index (κ1) is 15.2. The molecular weight excluding hydrogens is 325 g/mol. The number of benzene rings is 2. The summed E-state index contributed by atoms with van der Waals surface area (Å²) in [6.07, 6.45) is 3.88. The van der Waals surface area contributed by atoms with E-state index in [2.05, 4.69) is 39.6 Å². The van der Waals surface area contributed by atoms with Crippen molar-refractivity contribution in [1.29, 1.82) is 0 Å². The lowest BCUT2D eigenvalue weighted by atomic mass is 10.1. The Kier molecular flexibility index (Phi) is 4.00. The van der Waals surface area contributed by atoms with E-state index in [1.54, 1.807) is 0 Å². The minimum Gasteiger partial charge on any atom is -0.366 e. The molecule has 0 saturated heterocycles. The highest BCUT2D eigenvalue weighted by Gasteiger charge is 2.10. The average Bonchev–Trinajstić information content (AvgIpc) is 3.22. The van der Waals surface area contributed by atoms with Gasteiger partial charge in [-0.3, -0.25) is 0 Å². The molecule has 0 amide bonds. The van der Waals surface area contributed by atoms with Crippen molar-refractivity contribution in [3.63, 3.8) is 0 Å². The van der Waals surface area contributed by atoms with Crippen molar-refractivity contribution in [2.75, 3.05) is 13.2 Å². The number of H-pyrrole nitrogens is 2. The Bertz CT molecular complexity index is 1000. The van der Waals surface area contributed by atoms with Crippen molar-refractivity contribution < 1.29 is 4.39 Å². The van der Waals surface area contributed by atoms with Gasteiger partial charge in [0.2, 0.25) is 0 Å². The number of aromatic amines is 2. The number of hydrogen-bond donors (Lipinski definition) is 3. The summed E-state index contributed by atoms with van der Waals surface area (Å²) in [4.78, 5) is 6.59. The van der Waals surface area contributed by atoms with E-state index >= 15 is 0 Å². The largest absolute Gasteiger partial charge is 0.366 e. The third kappa shape index (κ3) is 2.68. The third-order valence-electron chi connectivity index (χ3n) is 4.27. The molecular formula is C19H17ClFN3. The molecule has 24 heavy (non-hydrogen) atoms. The van der Waals surface area contributed by atoms with Crippen LogP contribution in [-0.2, 0) is 6.54 Å². The zero-order valence-corrected chi connectivity index (χ0v) is 13.8. The summed E-state index contributed by atoms with van der Waals surface area (Å²) in [7, 11) is 0. The van der Waals surface area contributed by atoms with Crippen LogP contribution in [0.2, 0.25) is 5.02 Å². The molecule has 0 spiro atoms. The van der Waals surface area contributed by atoms with Crippen molar-refractivity contribution in [1.82, 2.24) is 15.3 Å². The maximum atomic E-state index is 12.2. The Morgan fingerprint density at radius 3 is 2.79 bits per heavy atom. The fraction of sp³-hybridized carbons (Fsp3) is 0.158. The lowest BCUT2D eigenvalue weighted by Gasteiger charge is -2.02. The van der Waals surface area contributed by atoms with E-state index in [1.165, 1.54) is 0 Å². The molecule has 0 bridgehead atoms. The number of aromatic nitrogens is 2. The summed E-state index contributed by atoms with van der Waals surface area (Å²) in [5, 5.41) is 7.08. The molecule has 3 N–H and O–H groups in total. The molecule has 3 nitrogen and oxygen atoms in total. The molecule has 0 fully saturated rings. The van der Waals surface area contributed by atoms with Gasteiger partial charge in [-0.2, -0.15) is 0 Å². The van der Waals surface area contributed by atoms with Crippen LogP contribution in [0.1, 0.15) is 5.56 Å². The maximum absolute atomic E-state index is 12.2. The number of nitrogens with one attached hydrogen (secondary N) is 3. The predicted molar refractivity (Wildman–Crippen MR) is 98.3 cm³/mol. The Hall–Kier alpha value is -2.30. The molecule has 0 aliphatic rings. The second-order valence-electron chi connectivity index (χ2n) is 5.85. The first-order chi connectivity index (χ1) is 11.8. The molecule has 0 radical (unpaired) electrons. The van der Waals surface area contributed by atoms with Gasteiger partial charge in [0, 0.05) is 63.4 Å². The molecule has 2 aromatic carbocycles. The molecule has 5 heteroatoms. The second kappa shape index (κ2) is 6.30. The molecule has 4 aromatic rings. The third-order valence-corrected chi connectivity index (χ3v) is 4.59. The molecule has 0 unspecified atom stereocenters. The SMILES string of the molecule is FCCNCc1ccc2[nH]c(-c3ccc(Cl)c4c[nH]cc34)cc2c1. The molecule has 2 heterocycles. The van der Waals surface area contributed by atoms with Gasteiger partial charge in [-0.25, -0.2) is 4.39 Å². The first-order valence-corrected chi connectivity index (χ1v) is 8.28. The summed E-state index contributed by atoms with van der Waals surface area (Å²) < 4.78 is 12.2. The van der Waals surface area contributed by atoms with Crippen LogP contribution in [0.3, 0.4) is 0 Å². The molecule has 0 atom stereocenters. The van der Waals surface area contributed by atoms with E-state index in [4.69, 9.17) is 11.6 Å². The van der Waals surface area contributed by atoms with Crippen LogP contribution in [-0.4, -0.2) is 23.2 Å². The first-order valence-electron chi connectivity index (χ1n) is 7.90.